The fourth-order valence-electron chi connectivity index (χ4n) is 3.47. The fourth-order valence-corrected chi connectivity index (χ4v) is 4.57. The van der Waals surface area contributed by atoms with Gasteiger partial charge in [0.25, 0.3) is 5.91 Å². The van der Waals surface area contributed by atoms with Crippen molar-refractivity contribution in [3.8, 4) is 11.1 Å². The van der Waals surface area contributed by atoms with Crippen LogP contribution in [0, 0.1) is 0 Å². The van der Waals surface area contributed by atoms with Crippen molar-refractivity contribution >= 4 is 27.3 Å². The number of aliphatic hydroxyl groups is 1. The highest BCUT2D eigenvalue weighted by atomic mass is 32.1. The van der Waals surface area contributed by atoms with Crippen LogP contribution in [0.15, 0.2) is 66.7 Å². The predicted molar refractivity (Wildman–Crippen MR) is 119 cm³/mol. The molecule has 2 heterocycles. The van der Waals surface area contributed by atoms with Crippen molar-refractivity contribution in [2.24, 2.45) is 0 Å². The number of pyridine rings is 1. The van der Waals surface area contributed by atoms with Crippen molar-refractivity contribution in [2.45, 2.75) is 12.6 Å². The number of halogens is 3. The van der Waals surface area contributed by atoms with Crippen molar-refractivity contribution in [1.29, 1.82) is 0 Å². The number of benzene rings is 2. The summed E-state index contributed by atoms with van der Waals surface area (Å²) < 4.78 is 39.9. The number of aromatic nitrogens is 1. The van der Waals surface area contributed by atoms with E-state index in [0.29, 0.717) is 17.7 Å². The van der Waals surface area contributed by atoms with Gasteiger partial charge in [0.05, 0.1) is 6.61 Å². The molecule has 4 nitrogen and oxygen atoms in total. The number of amides is 1. The average molecular weight is 456 g/mol. The molecular formula is C24H19F3N2O2S. The van der Waals surface area contributed by atoms with E-state index in [0.717, 1.165) is 32.2 Å². The third-order valence-electron chi connectivity index (χ3n) is 4.90. The molecule has 0 bridgehead atoms. The second-order valence-electron chi connectivity index (χ2n) is 7.18. The standard InChI is InChI=1S/C24H19F3N2O2S/c25-24(26,27)22-9-2-6-17(29-22)13-18-14-20-19(7-3-8-21(20)32-18)15-4-1-5-16(12-15)23(31)28-10-11-30/h1-9,12,14,30H,10-11,13H2,(H,28,31). The van der Waals surface area contributed by atoms with Crippen molar-refractivity contribution in [3.05, 3.63) is 88.6 Å². The number of rotatable bonds is 6. The third kappa shape index (κ3) is 4.81. The summed E-state index contributed by atoms with van der Waals surface area (Å²) in [5.41, 5.74) is 1.73. The van der Waals surface area contributed by atoms with Gasteiger partial charge >= 0.3 is 6.18 Å². The maximum Gasteiger partial charge on any atom is 0.433 e. The summed E-state index contributed by atoms with van der Waals surface area (Å²) in [6, 6.07) is 18.9. The summed E-state index contributed by atoms with van der Waals surface area (Å²) in [6.45, 7) is 0.0409. The summed E-state index contributed by atoms with van der Waals surface area (Å²) >= 11 is 1.51. The monoisotopic (exact) mass is 456 g/mol. The molecule has 0 aliphatic heterocycles. The van der Waals surface area contributed by atoms with E-state index in [1.165, 1.54) is 17.4 Å². The van der Waals surface area contributed by atoms with E-state index in [9.17, 15) is 18.0 Å². The van der Waals surface area contributed by atoms with Crippen molar-refractivity contribution in [1.82, 2.24) is 10.3 Å². The number of thiophene rings is 1. The molecule has 0 unspecified atom stereocenters. The molecule has 8 heteroatoms. The Hall–Kier alpha value is -3.23. The molecule has 0 aliphatic rings. The molecule has 164 valence electrons. The Balaban J connectivity index is 1.66. The number of alkyl halides is 3. The number of aliphatic hydroxyl groups excluding tert-OH is 1. The summed E-state index contributed by atoms with van der Waals surface area (Å²) in [6.07, 6.45) is -4.18. The smallest absolute Gasteiger partial charge is 0.395 e. The van der Waals surface area contributed by atoms with Crippen LogP contribution in [-0.2, 0) is 12.6 Å². The van der Waals surface area contributed by atoms with E-state index in [-0.39, 0.29) is 19.1 Å². The minimum absolute atomic E-state index is 0.136. The molecule has 32 heavy (non-hydrogen) atoms. The van der Waals surface area contributed by atoms with Crippen molar-refractivity contribution < 1.29 is 23.1 Å². The molecule has 0 spiro atoms. The van der Waals surface area contributed by atoms with Crippen LogP contribution in [0.5, 0.6) is 0 Å². The first-order valence-electron chi connectivity index (χ1n) is 9.89. The molecular weight excluding hydrogens is 437 g/mol. The molecule has 0 fully saturated rings. The van der Waals surface area contributed by atoms with Gasteiger partial charge in [0.15, 0.2) is 0 Å². The Bertz CT molecular complexity index is 1270. The lowest BCUT2D eigenvalue weighted by molar-refractivity contribution is -0.141. The van der Waals surface area contributed by atoms with Crippen molar-refractivity contribution in [3.63, 3.8) is 0 Å². The number of hydrogen-bond donors (Lipinski definition) is 2. The van der Waals surface area contributed by atoms with Gasteiger partial charge in [-0.05, 0) is 47.5 Å². The number of fused-ring (bicyclic) bond motifs is 1. The molecule has 4 rings (SSSR count). The van der Waals surface area contributed by atoms with E-state index in [1.807, 2.05) is 30.3 Å². The molecule has 0 saturated heterocycles. The van der Waals surface area contributed by atoms with Gasteiger partial charge in [-0.25, -0.2) is 4.98 Å². The lowest BCUT2D eigenvalue weighted by atomic mass is 9.99. The first-order valence-corrected chi connectivity index (χ1v) is 10.7. The van der Waals surface area contributed by atoms with E-state index in [4.69, 9.17) is 5.11 Å². The van der Waals surface area contributed by atoms with Gasteiger partial charge < -0.3 is 10.4 Å². The van der Waals surface area contributed by atoms with Crippen LogP contribution in [0.25, 0.3) is 21.2 Å². The van der Waals surface area contributed by atoms with Crippen LogP contribution < -0.4 is 5.32 Å². The predicted octanol–water partition coefficient (Wildman–Crippen LogP) is 5.30. The highest BCUT2D eigenvalue weighted by molar-refractivity contribution is 7.19. The Morgan fingerprint density at radius 2 is 1.81 bits per heavy atom. The number of nitrogens with zero attached hydrogens (tertiary/aromatic N) is 1. The molecule has 2 N–H and O–H groups in total. The van der Waals surface area contributed by atoms with Gasteiger partial charge in [0.2, 0.25) is 0 Å². The van der Waals surface area contributed by atoms with E-state index >= 15 is 0 Å². The second kappa shape index (κ2) is 9.10. The maximum absolute atomic E-state index is 13.0. The first kappa shape index (κ1) is 22.0. The van der Waals surface area contributed by atoms with Gasteiger partial charge in [0.1, 0.15) is 5.69 Å². The highest BCUT2D eigenvalue weighted by Gasteiger charge is 2.32. The van der Waals surface area contributed by atoms with Gasteiger partial charge in [0, 0.05) is 39.2 Å². The highest BCUT2D eigenvalue weighted by Crippen LogP contribution is 2.35. The quantitative estimate of drug-likeness (QED) is 0.414. The Morgan fingerprint density at radius 1 is 1.03 bits per heavy atom. The molecule has 4 aromatic rings. The molecule has 0 atom stereocenters. The number of nitrogens with one attached hydrogen (secondary N) is 1. The maximum atomic E-state index is 13.0. The van der Waals surface area contributed by atoms with Crippen molar-refractivity contribution in [2.75, 3.05) is 13.2 Å². The summed E-state index contributed by atoms with van der Waals surface area (Å²) in [5, 5.41) is 12.5. The SMILES string of the molecule is O=C(NCCO)c1cccc(-c2cccc3sc(Cc4cccc(C(F)(F)F)n4)cc23)c1. The van der Waals surface area contributed by atoms with Crippen LogP contribution in [0.3, 0.4) is 0 Å². The Labute approximate surface area is 186 Å². The van der Waals surface area contributed by atoms with Crippen LogP contribution in [-0.4, -0.2) is 29.1 Å². The lowest BCUT2D eigenvalue weighted by Gasteiger charge is -2.07. The molecule has 0 saturated carbocycles. The first-order chi connectivity index (χ1) is 15.3. The third-order valence-corrected chi connectivity index (χ3v) is 6.00. The van der Waals surface area contributed by atoms with E-state index < -0.39 is 11.9 Å². The number of carbonyl (C=O) groups excluding carboxylic acids is 1. The van der Waals surface area contributed by atoms with Gasteiger partial charge in [-0.15, -0.1) is 11.3 Å². The average Bonchev–Trinajstić information content (AvgIpc) is 3.19. The molecule has 0 aliphatic carbocycles. The van der Waals surface area contributed by atoms with E-state index in [1.54, 1.807) is 24.3 Å². The largest absolute Gasteiger partial charge is 0.433 e. The second-order valence-corrected chi connectivity index (χ2v) is 8.35. The van der Waals surface area contributed by atoms with Gasteiger partial charge in [-0.3, -0.25) is 4.79 Å². The normalized spacial score (nSPS) is 11.6. The lowest BCUT2D eigenvalue weighted by Crippen LogP contribution is -2.26. The summed E-state index contributed by atoms with van der Waals surface area (Å²) in [5.74, 6) is -0.269. The topological polar surface area (TPSA) is 62.2 Å². The molecule has 0 radical (unpaired) electrons. The van der Waals surface area contributed by atoms with Crippen LogP contribution in [0.2, 0.25) is 0 Å². The van der Waals surface area contributed by atoms with Crippen LogP contribution in [0.4, 0.5) is 13.2 Å². The minimum atomic E-state index is -4.47. The Morgan fingerprint density at radius 3 is 2.59 bits per heavy atom. The zero-order valence-corrected chi connectivity index (χ0v) is 17.6. The fraction of sp³-hybridized carbons (Fsp3) is 0.167. The molecule has 2 aromatic carbocycles. The van der Waals surface area contributed by atoms with E-state index in [2.05, 4.69) is 10.3 Å². The zero-order valence-electron chi connectivity index (χ0n) is 16.8. The van der Waals surface area contributed by atoms with Gasteiger partial charge in [-0.2, -0.15) is 13.2 Å². The molecule has 1 amide bonds. The van der Waals surface area contributed by atoms with Crippen LogP contribution >= 0.6 is 11.3 Å². The summed E-state index contributed by atoms with van der Waals surface area (Å²) in [4.78, 5) is 16.9. The molecule has 2 aromatic heterocycles. The Kier molecular flexibility index (Phi) is 6.25. The number of hydrogen-bond acceptors (Lipinski definition) is 4. The zero-order chi connectivity index (χ0) is 22.7. The minimum Gasteiger partial charge on any atom is -0.395 e. The van der Waals surface area contributed by atoms with Crippen LogP contribution in [0.1, 0.15) is 26.6 Å². The number of carbonyl (C=O) groups is 1. The van der Waals surface area contributed by atoms with Gasteiger partial charge in [-0.1, -0.05) is 30.3 Å². The summed E-state index contributed by atoms with van der Waals surface area (Å²) in [7, 11) is 0.